The monoisotopic (exact) mass is 656 g/mol. The molecule has 1 amide bonds. The zero-order valence-corrected chi connectivity index (χ0v) is 24.0. The number of aliphatic hydroxyl groups is 1. The first-order chi connectivity index (χ1) is 19.3. The Hall–Kier alpha value is -3.34. The Morgan fingerprint density at radius 3 is 2.23 bits per heavy atom. The summed E-state index contributed by atoms with van der Waals surface area (Å²) in [6.07, 6.45) is -0.847. The number of ether oxygens (including phenoxy) is 1. The number of amides is 1. The zero-order chi connectivity index (χ0) is 28.3. The van der Waals surface area contributed by atoms with Gasteiger partial charge in [-0.1, -0.05) is 54.6 Å². The van der Waals surface area contributed by atoms with Gasteiger partial charge in [-0.15, -0.1) is 0 Å². The quantitative estimate of drug-likeness (QED) is 0.165. The molecular weight excluding hydrogens is 625 g/mol. The lowest BCUT2D eigenvalue weighted by atomic mass is 10.00. The molecule has 0 saturated carbocycles. The fourth-order valence-electron chi connectivity index (χ4n) is 4.31. The molecule has 3 N–H and O–H groups in total. The van der Waals surface area contributed by atoms with Crippen molar-refractivity contribution in [2.24, 2.45) is 0 Å². The summed E-state index contributed by atoms with van der Waals surface area (Å²) < 4.78 is 34.6. The topological polar surface area (TPSA) is 70.6 Å². The van der Waals surface area contributed by atoms with Crippen molar-refractivity contribution in [2.75, 3.05) is 6.54 Å². The van der Waals surface area contributed by atoms with Crippen LogP contribution in [0, 0.1) is 15.2 Å². The Bertz CT molecular complexity index is 1370. The highest BCUT2D eigenvalue weighted by Crippen LogP contribution is 2.16. The van der Waals surface area contributed by atoms with Crippen LogP contribution in [0.1, 0.15) is 22.3 Å². The molecule has 4 rings (SSSR count). The Labute approximate surface area is 246 Å². The van der Waals surface area contributed by atoms with E-state index in [0.717, 1.165) is 26.3 Å². The summed E-state index contributed by atoms with van der Waals surface area (Å²) in [6.45, 7) is 1.15. The molecule has 2 atom stereocenters. The van der Waals surface area contributed by atoms with Gasteiger partial charge in [0.2, 0.25) is 5.91 Å². The average molecular weight is 657 g/mol. The number of halogens is 3. The molecule has 4 aromatic carbocycles. The minimum absolute atomic E-state index is 0.0682. The van der Waals surface area contributed by atoms with E-state index in [1.54, 1.807) is 0 Å². The van der Waals surface area contributed by atoms with E-state index >= 15 is 0 Å². The number of hydrogen-bond acceptors (Lipinski definition) is 4. The highest BCUT2D eigenvalue weighted by atomic mass is 127. The minimum atomic E-state index is -0.994. The lowest BCUT2D eigenvalue weighted by Gasteiger charge is -2.25. The number of rotatable bonds is 13. The molecule has 4 aromatic rings. The minimum Gasteiger partial charge on any atom is -0.489 e. The van der Waals surface area contributed by atoms with Crippen LogP contribution in [-0.4, -0.2) is 29.7 Å². The molecule has 0 bridgehead atoms. The predicted molar refractivity (Wildman–Crippen MR) is 160 cm³/mol. The standard InChI is InChI=1S/C32H31F2IN2O3/c33-26-13-25(14-27(34)18-26)16-30(31(38)20-36-19-24-7-4-8-28(35)15-24)37-32(39)17-22-9-11-29(12-10-22)40-21-23-5-2-1-3-6-23/h1-15,18,30-31,36,38H,16-17,19-21H2,(H,37,39). The number of carbonyl (C=O) groups excluding carboxylic acids is 1. The maximum atomic E-state index is 13.8. The van der Waals surface area contributed by atoms with Crippen molar-refractivity contribution < 1.29 is 23.4 Å². The molecule has 0 radical (unpaired) electrons. The van der Waals surface area contributed by atoms with Gasteiger partial charge in [-0.05, 0) is 87.7 Å². The van der Waals surface area contributed by atoms with Gasteiger partial charge in [0, 0.05) is 22.7 Å². The summed E-state index contributed by atoms with van der Waals surface area (Å²) in [5.74, 6) is -1.04. The van der Waals surface area contributed by atoms with Crippen LogP contribution in [0.5, 0.6) is 5.75 Å². The first-order valence-corrected chi connectivity index (χ1v) is 14.0. The maximum absolute atomic E-state index is 13.8. The van der Waals surface area contributed by atoms with Gasteiger partial charge in [-0.2, -0.15) is 0 Å². The molecule has 0 aliphatic carbocycles. The second-order valence-corrected chi connectivity index (χ2v) is 10.8. The first-order valence-electron chi connectivity index (χ1n) is 13.0. The molecule has 0 aliphatic rings. The van der Waals surface area contributed by atoms with Crippen molar-refractivity contribution in [3.8, 4) is 5.75 Å². The Balaban J connectivity index is 1.36. The Morgan fingerprint density at radius 2 is 1.52 bits per heavy atom. The summed E-state index contributed by atoms with van der Waals surface area (Å²) >= 11 is 2.24. The molecule has 0 saturated heterocycles. The van der Waals surface area contributed by atoms with Crippen LogP contribution in [0.25, 0.3) is 0 Å². The predicted octanol–water partition coefficient (Wildman–Crippen LogP) is 5.57. The molecule has 40 heavy (non-hydrogen) atoms. The van der Waals surface area contributed by atoms with Crippen LogP contribution in [0.2, 0.25) is 0 Å². The van der Waals surface area contributed by atoms with Gasteiger partial charge >= 0.3 is 0 Å². The van der Waals surface area contributed by atoms with Crippen LogP contribution in [0.4, 0.5) is 8.78 Å². The number of benzene rings is 4. The smallest absolute Gasteiger partial charge is 0.224 e. The molecule has 0 aromatic heterocycles. The van der Waals surface area contributed by atoms with Gasteiger partial charge < -0.3 is 20.5 Å². The van der Waals surface area contributed by atoms with Gasteiger partial charge in [-0.25, -0.2) is 8.78 Å². The highest BCUT2D eigenvalue weighted by molar-refractivity contribution is 14.1. The van der Waals surface area contributed by atoms with E-state index in [1.807, 2.05) is 78.9 Å². The SMILES string of the molecule is O=C(Cc1ccc(OCc2ccccc2)cc1)NC(Cc1cc(F)cc(F)c1)C(O)CNCc1cccc(I)c1. The van der Waals surface area contributed by atoms with E-state index in [1.165, 1.54) is 12.1 Å². The third-order valence-corrected chi connectivity index (χ3v) is 6.97. The van der Waals surface area contributed by atoms with Gasteiger partial charge in [0.25, 0.3) is 0 Å². The Morgan fingerprint density at radius 1 is 0.825 bits per heavy atom. The lowest BCUT2D eigenvalue weighted by molar-refractivity contribution is -0.122. The lowest BCUT2D eigenvalue weighted by Crippen LogP contribution is -2.49. The third kappa shape index (κ3) is 9.69. The third-order valence-electron chi connectivity index (χ3n) is 6.30. The van der Waals surface area contributed by atoms with E-state index in [-0.39, 0.29) is 25.3 Å². The average Bonchev–Trinajstić information content (AvgIpc) is 2.92. The van der Waals surface area contributed by atoms with Crippen LogP contribution in [0.15, 0.2) is 97.1 Å². The summed E-state index contributed by atoms with van der Waals surface area (Å²) in [4.78, 5) is 13.0. The van der Waals surface area contributed by atoms with E-state index in [0.29, 0.717) is 24.5 Å². The molecule has 0 spiro atoms. The van der Waals surface area contributed by atoms with Crippen LogP contribution < -0.4 is 15.4 Å². The molecule has 5 nitrogen and oxygen atoms in total. The summed E-state index contributed by atoms with van der Waals surface area (Å²) in [5.41, 5.74) is 3.23. The molecule has 8 heteroatoms. The first kappa shape index (κ1) is 29.6. The molecular formula is C32H31F2IN2O3. The van der Waals surface area contributed by atoms with Crippen molar-refractivity contribution in [3.05, 3.63) is 135 Å². The maximum Gasteiger partial charge on any atom is 0.224 e. The van der Waals surface area contributed by atoms with E-state index in [4.69, 9.17) is 4.74 Å². The van der Waals surface area contributed by atoms with Crippen molar-refractivity contribution in [2.45, 2.75) is 38.1 Å². The highest BCUT2D eigenvalue weighted by Gasteiger charge is 2.22. The van der Waals surface area contributed by atoms with Gasteiger partial charge in [-0.3, -0.25) is 4.79 Å². The van der Waals surface area contributed by atoms with Crippen LogP contribution >= 0.6 is 22.6 Å². The Kier molecular flexibility index (Phi) is 11.0. The summed E-state index contributed by atoms with van der Waals surface area (Å²) in [6, 6.07) is 27.5. The van der Waals surface area contributed by atoms with E-state index in [9.17, 15) is 18.7 Å². The summed E-state index contributed by atoms with van der Waals surface area (Å²) in [7, 11) is 0. The molecule has 0 heterocycles. The van der Waals surface area contributed by atoms with Gasteiger partial charge in [0.15, 0.2) is 0 Å². The molecule has 0 fully saturated rings. The summed E-state index contributed by atoms with van der Waals surface area (Å²) in [5, 5.41) is 17.0. The van der Waals surface area contributed by atoms with Crippen LogP contribution in [0.3, 0.4) is 0 Å². The second kappa shape index (κ2) is 14.9. The number of aliphatic hydroxyl groups excluding tert-OH is 1. The van der Waals surface area contributed by atoms with Gasteiger partial charge in [0.05, 0.1) is 18.6 Å². The fourth-order valence-corrected chi connectivity index (χ4v) is 4.91. The normalized spacial score (nSPS) is 12.5. The zero-order valence-electron chi connectivity index (χ0n) is 21.8. The fraction of sp³-hybridized carbons (Fsp3) is 0.219. The van der Waals surface area contributed by atoms with Crippen LogP contribution in [-0.2, 0) is 30.8 Å². The van der Waals surface area contributed by atoms with Crippen molar-refractivity contribution >= 4 is 28.5 Å². The van der Waals surface area contributed by atoms with Crippen molar-refractivity contribution in [1.82, 2.24) is 10.6 Å². The van der Waals surface area contributed by atoms with E-state index < -0.39 is 23.8 Å². The number of carbonyl (C=O) groups is 1. The number of hydrogen-bond donors (Lipinski definition) is 3. The van der Waals surface area contributed by atoms with Crippen molar-refractivity contribution in [3.63, 3.8) is 0 Å². The largest absolute Gasteiger partial charge is 0.489 e. The second-order valence-electron chi connectivity index (χ2n) is 9.58. The molecule has 208 valence electrons. The molecule has 0 aliphatic heterocycles. The van der Waals surface area contributed by atoms with Crippen molar-refractivity contribution in [1.29, 1.82) is 0 Å². The molecule has 2 unspecified atom stereocenters. The van der Waals surface area contributed by atoms with E-state index in [2.05, 4.69) is 33.2 Å². The number of nitrogens with one attached hydrogen (secondary N) is 2. The van der Waals surface area contributed by atoms with Gasteiger partial charge in [0.1, 0.15) is 24.0 Å².